The molecule has 3 nitrogen and oxygen atoms in total. The van der Waals surface area contributed by atoms with Gasteiger partial charge in [0.05, 0.1) is 6.04 Å². The third kappa shape index (κ3) is 3.05. The normalized spacial score (nSPS) is 19.3. The first-order chi connectivity index (χ1) is 12.8. The molecule has 2 atom stereocenters. The highest BCUT2D eigenvalue weighted by Gasteiger charge is 2.39. The third-order valence-electron chi connectivity index (χ3n) is 4.62. The molecule has 0 unspecified atom stereocenters. The topological polar surface area (TPSA) is 32.7 Å². The number of amides is 1. The Hall–Kier alpha value is -2.47. The van der Waals surface area contributed by atoms with Gasteiger partial charge in [-0.05, 0) is 39.8 Å². The Morgan fingerprint density at radius 3 is 2.00 bits per heavy atom. The number of rotatable bonds is 4. The van der Waals surface area contributed by atoms with Crippen molar-refractivity contribution in [3.8, 4) is 0 Å². The molecule has 0 N–H and O–H groups in total. The molecule has 3 aromatic carbocycles. The van der Waals surface area contributed by atoms with Crippen LogP contribution in [-0.2, 0) is 4.79 Å². The highest BCUT2D eigenvalue weighted by atomic mass is 127. The number of carbonyl (C=O) groups excluding carboxylic acids is 1. The second-order valence-corrected chi connectivity index (χ2v) is 7.32. The summed E-state index contributed by atoms with van der Waals surface area (Å²) in [7, 11) is 0. The SMILES string of the molecule is O=CN1C(c2ccccc2I)=N[C@@H](c2ccccc2)[C@@H]1c1ccccc1. The van der Waals surface area contributed by atoms with Crippen LogP contribution in [0.5, 0.6) is 0 Å². The predicted molar refractivity (Wildman–Crippen MR) is 112 cm³/mol. The van der Waals surface area contributed by atoms with E-state index < -0.39 is 0 Å². The summed E-state index contributed by atoms with van der Waals surface area (Å²) < 4.78 is 1.08. The minimum atomic E-state index is -0.151. The van der Waals surface area contributed by atoms with E-state index in [1.807, 2.05) is 60.7 Å². The van der Waals surface area contributed by atoms with Crippen LogP contribution < -0.4 is 0 Å². The van der Waals surface area contributed by atoms with Gasteiger partial charge in [-0.3, -0.25) is 14.7 Å². The molecule has 0 fully saturated rings. The molecule has 0 bridgehead atoms. The lowest BCUT2D eigenvalue weighted by atomic mass is 9.94. The number of halogens is 1. The Balaban J connectivity index is 1.88. The van der Waals surface area contributed by atoms with Crippen LogP contribution in [0.1, 0.15) is 28.8 Å². The summed E-state index contributed by atoms with van der Waals surface area (Å²) >= 11 is 2.30. The molecule has 0 saturated heterocycles. The van der Waals surface area contributed by atoms with Gasteiger partial charge < -0.3 is 0 Å². The van der Waals surface area contributed by atoms with E-state index in [-0.39, 0.29) is 12.1 Å². The minimum absolute atomic E-state index is 0.130. The van der Waals surface area contributed by atoms with E-state index >= 15 is 0 Å². The van der Waals surface area contributed by atoms with Crippen LogP contribution >= 0.6 is 22.6 Å². The number of hydrogen-bond donors (Lipinski definition) is 0. The summed E-state index contributed by atoms with van der Waals surface area (Å²) in [5, 5.41) is 0. The Morgan fingerprint density at radius 1 is 0.808 bits per heavy atom. The average Bonchev–Trinajstić information content (AvgIpc) is 3.09. The van der Waals surface area contributed by atoms with Crippen molar-refractivity contribution >= 4 is 34.8 Å². The Labute approximate surface area is 166 Å². The van der Waals surface area contributed by atoms with Crippen LogP contribution in [0, 0.1) is 3.57 Å². The van der Waals surface area contributed by atoms with Crippen LogP contribution in [0.15, 0.2) is 89.9 Å². The van der Waals surface area contributed by atoms with E-state index in [1.54, 1.807) is 4.90 Å². The van der Waals surface area contributed by atoms with Crippen LogP contribution in [0.4, 0.5) is 0 Å². The highest BCUT2D eigenvalue weighted by molar-refractivity contribution is 14.1. The molecule has 1 aliphatic rings. The summed E-state index contributed by atoms with van der Waals surface area (Å²) in [6.07, 6.45) is 0.905. The molecule has 0 saturated carbocycles. The summed E-state index contributed by atoms with van der Waals surface area (Å²) in [5.74, 6) is 0.729. The lowest BCUT2D eigenvalue weighted by Gasteiger charge is -2.26. The summed E-state index contributed by atoms with van der Waals surface area (Å²) in [4.78, 5) is 18.9. The van der Waals surface area contributed by atoms with Gasteiger partial charge in [0.1, 0.15) is 11.9 Å². The molecule has 128 valence electrons. The van der Waals surface area contributed by atoms with Gasteiger partial charge in [0.15, 0.2) is 0 Å². The molecule has 1 aliphatic heterocycles. The fourth-order valence-corrected chi connectivity index (χ4v) is 4.05. The number of carbonyl (C=O) groups is 1. The first-order valence-corrected chi connectivity index (χ1v) is 9.53. The zero-order chi connectivity index (χ0) is 17.9. The second kappa shape index (κ2) is 7.41. The van der Waals surface area contributed by atoms with Crippen LogP contribution in [0.2, 0.25) is 0 Å². The molecular formula is C22H17IN2O. The van der Waals surface area contributed by atoms with Gasteiger partial charge >= 0.3 is 0 Å². The number of benzene rings is 3. The van der Waals surface area contributed by atoms with E-state index in [1.165, 1.54) is 0 Å². The second-order valence-electron chi connectivity index (χ2n) is 6.16. The molecule has 1 heterocycles. The van der Waals surface area contributed by atoms with Crippen molar-refractivity contribution < 1.29 is 4.79 Å². The Bertz CT molecular complexity index is 941. The lowest BCUT2D eigenvalue weighted by Crippen LogP contribution is -2.31. The van der Waals surface area contributed by atoms with E-state index in [0.717, 1.165) is 32.5 Å². The Morgan fingerprint density at radius 2 is 1.38 bits per heavy atom. The molecule has 4 rings (SSSR count). The zero-order valence-electron chi connectivity index (χ0n) is 14.0. The van der Waals surface area contributed by atoms with Gasteiger partial charge in [-0.1, -0.05) is 78.9 Å². The van der Waals surface area contributed by atoms with Gasteiger partial charge in [0.25, 0.3) is 0 Å². The van der Waals surface area contributed by atoms with Gasteiger partial charge in [-0.2, -0.15) is 0 Å². The fourth-order valence-electron chi connectivity index (χ4n) is 3.42. The number of amidine groups is 1. The summed E-state index contributed by atoms with van der Waals surface area (Å²) in [5.41, 5.74) is 3.17. The summed E-state index contributed by atoms with van der Waals surface area (Å²) in [6.45, 7) is 0. The van der Waals surface area contributed by atoms with Gasteiger partial charge in [0, 0.05) is 9.13 Å². The predicted octanol–water partition coefficient (Wildman–Crippen LogP) is 4.99. The molecule has 4 heteroatoms. The molecule has 3 aromatic rings. The van der Waals surface area contributed by atoms with Crippen LogP contribution in [0.25, 0.3) is 0 Å². The standard InChI is InChI=1S/C22H17IN2O/c23-19-14-8-7-13-18(19)22-24-20(16-9-3-1-4-10-16)21(25(22)15-26)17-11-5-2-6-12-17/h1-15,20-21H/t20-,21-/m0/s1. The monoisotopic (exact) mass is 452 g/mol. The van der Waals surface area contributed by atoms with Crippen molar-refractivity contribution in [2.75, 3.05) is 0 Å². The first kappa shape index (κ1) is 17.0. The van der Waals surface area contributed by atoms with E-state index in [0.29, 0.717) is 0 Å². The van der Waals surface area contributed by atoms with Crippen molar-refractivity contribution in [3.05, 3.63) is 105 Å². The van der Waals surface area contributed by atoms with Crippen molar-refractivity contribution in [3.63, 3.8) is 0 Å². The maximum absolute atomic E-state index is 12.1. The molecule has 0 spiro atoms. The quantitative estimate of drug-likeness (QED) is 0.406. The number of nitrogens with zero attached hydrogens (tertiary/aromatic N) is 2. The molecule has 0 aromatic heterocycles. The smallest absolute Gasteiger partial charge is 0.215 e. The first-order valence-electron chi connectivity index (χ1n) is 8.46. The van der Waals surface area contributed by atoms with Crippen LogP contribution in [0.3, 0.4) is 0 Å². The van der Waals surface area contributed by atoms with E-state index in [2.05, 4.69) is 46.9 Å². The Kier molecular flexibility index (Phi) is 4.84. The minimum Gasteiger partial charge on any atom is -0.289 e. The van der Waals surface area contributed by atoms with E-state index in [9.17, 15) is 4.79 Å². The maximum atomic E-state index is 12.1. The van der Waals surface area contributed by atoms with Crippen molar-refractivity contribution in [1.82, 2.24) is 4.90 Å². The molecule has 0 aliphatic carbocycles. The van der Waals surface area contributed by atoms with Crippen molar-refractivity contribution in [2.24, 2.45) is 4.99 Å². The largest absolute Gasteiger partial charge is 0.289 e. The van der Waals surface area contributed by atoms with Gasteiger partial charge in [-0.25, -0.2) is 0 Å². The van der Waals surface area contributed by atoms with Crippen LogP contribution in [-0.4, -0.2) is 17.1 Å². The fraction of sp³-hybridized carbons (Fsp3) is 0.0909. The maximum Gasteiger partial charge on any atom is 0.215 e. The van der Waals surface area contributed by atoms with E-state index in [4.69, 9.17) is 4.99 Å². The number of hydrogen-bond acceptors (Lipinski definition) is 2. The molecule has 0 radical (unpaired) electrons. The summed E-state index contributed by atoms with van der Waals surface area (Å²) in [6, 6.07) is 28.1. The highest BCUT2D eigenvalue weighted by Crippen LogP contribution is 2.42. The van der Waals surface area contributed by atoms with Gasteiger partial charge in [0.2, 0.25) is 6.41 Å². The zero-order valence-corrected chi connectivity index (χ0v) is 16.2. The molecule has 1 amide bonds. The third-order valence-corrected chi connectivity index (χ3v) is 5.56. The molecule has 26 heavy (non-hydrogen) atoms. The number of aliphatic imine (C=N–C) groups is 1. The van der Waals surface area contributed by atoms with Crippen molar-refractivity contribution in [2.45, 2.75) is 12.1 Å². The van der Waals surface area contributed by atoms with Gasteiger partial charge in [-0.15, -0.1) is 0 Å². The average molecular weight is 452 g/mol. The molecular weight excluding hydrogens is 435 g/mol. The lowest BCUT2D eigenvalue weighted by molar-refractivity contribution is -0.116. The van der Waals surface area contributed by atoms with Crippen molar-refractivity contribution in [1.29, 1.82) is 0 Å².